The molecule has 4 aromatic rings. The van der Waals surface area contributed by atoms with Crippen molar-refractivity contribution in [2.24, 2.45) is 11.8 Å². The molecule has 2 aliphatic carbocycles. The van der Waals surface area contributed by atoms with Crippen LogP contribution in [0.5, 0.6) is 0 Å². The predicted molar refractivity (Wildman–Crippen MR) is 163 cm³/mol. The van der Waals surface area contributed by atoms with Crippen LogP contribution in [0.25, 0.3) is 11.4 Å². The molecule has 2 fully saturated rings. The van der Waals surface area contributed by atoms with E-state index in [-0.39, 0.29) is 18.4 Å². The molecule has 12 nitrogen and oxygen atoms in total. The molecule has 4 heterocycles. The maximum atomic E-state index is 12.7. The van der Waals surface area contributed by atoms with Crippen LogP contribution < -0.4 is 10.6 Å². The Morgan fingerprint density at radius 2 is 1.80 bits per heavy atom. The summed E-state index contributed by atoms with van der Waals surface area (Å²) in [6, 6.07) is 3.57. The van der Waals surface area contributed by atoms with Crippen LogP contribution in [0.2, 0.25) is 0 Å². The molecular weight excluding hydrogens is 585 g/mol. The molecule has 0 aliphatic heterocycles. The van der Waals surface area contributed by atoms with Gasteiger partial charge in [-0.15, -0.1) is 0 Å². The fraction of sp³-hybridized carbons (Fsp3) is 0.433. The van der Waals surface area contributed by atoms with Crippen LogP contribution in [0.1, 0.15) is 49.7 Å². The third-order valence-corrected chi connectivity index (χ3v) is 9.97. The van der Waals surface area contributed by atoms with Crippen LogP contribution in [0.3, 0.4) is 0 Å². The van der Waals surface area contributed by atoms with Crippen molar-refractivity contribution in [1.82, 2.24) is 33.9 Å². The van der Waals surface area contributed by atoms with Gasteiger partial charge in [0.05, 0.1) is 52.8 Å². The van der Waals surface area contributed by atoms with Gasteiger partial charge in [0.2, 0.25) is 0 Å². The van der Waals surface area contributed by atoms with Gasteiger partial charge < -0.3 is 15.7 Å². The van der Waals surface area contributed by atoms with E-state index in [0.29, 0.717) is 58.8 Å². The maximum absolute atomic E-state index is 12.7. The molecule has 0 saturated heterocycles. The van der Waals surface area contributed by atoms with Gasteiger partial charge in [-0.2, -0.15) is 14.3 Å². The molecule has 0 radical (unpaired) electrons. The van der Waals surface area contributed by atoms with Crippen LogP contribution >= 0.6 is 0 Å². The standard InChI is InChI=1S/C30H34FN9O3S/c31-10-12-39-18-23(15-35-39)5-6-24-16-34-29(13-27(24)33-14-21-1-3-22(20-41)4-2-21)37-28-9-11-32-30(38-28)25-17-36-40(19-25)44(42,43)26-7-8-26/h9,11,13,15-19,21-22,26,41H,1-4,7-8,10,12,14,20H2,(H2,32,33,34,37,38). The predicted octanol–water partition coefficient (Wildman–Crippen LogP) is 3.60. The number of aromatic nitrogens is 7. The normalized spacial score (nSPS) is 18.4. The van der Waals surface area contributed by atoms with E-state index in [1.807, 2.05) is 6.07 Å². The lowest BCUT2D eigenvalue weighted by atomic mass is 9.82. The first-order valence-corrected chi connectivity index (χ1v) is 16.3. The van der Waals surface area contributed by atoms with Gasteiger partial charge in [0.1, 0.15) is 18.3 Å². The summed E-state index contributed by atoms with van der Waals surface area (Å²) in [4.78, 5) is 13.4. The molecule has 0 aromatic carbocycles. The molecule has 0 atom stereocenters. The number of hydrogen-bond donors (Lipinski definition) is 3. The van der Waals surface area contributed by atoms with Crippen LogP contribution in [0, 0.1) is 23.7 Å². The summed E-state index contributed by atoms with van der Waals surface area (Å²) in [6.45, 7) is 0.687. The minimum absolute atomic E-state index is 0.182. The van der Waals surface area contributed by atoms with E-state index >= 15 is 0 Å². The van der Waals surface area contributed by atoms with Crippen molar-refractivity contribution in [3.63, 3.8) is 0 Å². The van der Waals surface area contributed by atoms with Crippen molar-refractivity contribution in [2.75, 3.05) is 30.5 Å². The van der Waals surface area contributed by atoms with Crippen molar-refractivity contribution >= 4 is 27.3 Å². The van der Waals surface area contributed by atoms with Crippen molar-refractivity contribution in [2.45, 2.75) is 50.3 Å². The Morgan fingerprint density at radius 3 is 2.57 bits per heavy atom. The highest BCUT2D eigenvalue weighted by Gasteiger charge is 2.37. The summed E-state index contributed by atoms with van der Waals surface area (Å²) in [7, 11) is -3.49. The number of aryl methyl sites for hydroxylation is 1. The second kappa shape index (κ2) is 13.1. The summed E-state index contributed by atoms with van der Waals surface area (Å²) >= 11 is 0. The molecule has 3 N–H and O–H groups in total. The number of aliphatic hydroxyl groups is 1. The number of halogens is 1. The van der Waals surface area contributed by atoms with Gasteiger partial charge >= 0.3 is 0 Å². The number of hydrogen-bond acceptors (Lipinski definition) is 10. The number of alkyl halides is 1. The summed E-state index contributed by atoms with van der Waals surface area (Å²) in [5, 5.41) is 24.1. The Labute approximate surface area is 255 Å². The van der Waals surface area contributed by atoms with E-state index < -0.39 is 16.7 Å². The molecule has 6 rings (SSSR count). The Hall–Kier alpha value is -4.35. The summed E-state index contributed by atoms with van der Waals surface area (Å²) < 4.78 is 40.3. The molecular formula is C30H34FN9O3S. The average molecular weight is 620 g/mol. The lowest BCUT2D eigenvalue weighted by Gasteiger charge is -2.27. The van der Waals surface area contributed by atoms with Gasteiger partial charge in [-0.25, -0.2) is 27.8 Å². The number of anilines is 3. The molecule has 0 unspecified atom stereocenters. The Bertz CT molecular complexity index is 1770. The molecule has 230 valence electrons. The van der Waals surface area contributed by atoms with E-state index in [1.165, 1.54) is 17.1 Å². The SMILES string of the molecule is O=S(=O)(C1CC1)n1cc(-c2nccc(Nc3cc(NCC4CCC(CO)CC4)c(C#Cc4cnn(CCF)c4)cn3)n2)cn1. The van der Waals surface area contributed by atoms with Crippen molar-refractivity contribution in [3.05, 3.63) is 60.4 Å². The first kappa shape index (κ1) is 29.7. The Morgan fingerprint density at radius 1 is 0.977 bits per heavy atom. The van der Waals surface area contributed by atoms with Gasteiger partial charge in [0.15, 0.2) is 5.82 Å². The highest BCUT2D eigenvalue weighted by atomic mass is 32.2. The lowest BCUT2D eigenvalue weighted by Crippen LogP contribution is -2.23. The minimum atomic E-state index is -3.49. The highest BCUT2D eigenvalue weighted by Crippen LogP contribution is 2.31. The molecule has 4 aromatic heterocycles. The Kier molecular flexibility index (Phi) is 8.85. The van der Waals surface area contributed by atoms with Gasteiger partial charge in [-0.3, -0.25) is 4.68 Å². The van der Waals surface area contributed by atoms with E-state index in [1.54, 1.807) is 30.9 Å². The third kappa shape index (κ3) is 7.06. The molecule has 0 amide bonds. The second-order valence-corrected chi connectivity index (χ2v) is 13.3. The molecule has 2 aliphatic rings. The monoisotopic (exact) mass is 619 g/mol. The number of aliphatic hydroxyl groups excluding tert-OH is 1. The first-order chi connectivity index (χ1) is 21.4. The van der Waals surface area contributed by atoms with E-state index in [2.05, 4.69) is 47.6 Å². The zero-order valence-electron chi connectivity index (χ0n) is 24.1. The van der Waals surface area contributed by atoms with Crippen molar-refractivity contribution in [3.8, 4) is 23.2 Å². The van der Waals surface area contributed by atoms with Crippen molar-refractivity contribution in [1.29, 1.82) is 0 Å². The van der Waals surface area contributed by atoms with Gasteiger partial charge in [-0.05, 0) is 56.4 Å². The number of pyridine rings is 1. The largest absolute Gasteiger partial charge is 0.396 e. The lowest BCUT2D eigenvalue weighted by molar-refractivity contribution is 0.170. The Balaban J connectivity index is 1.21. The van der Waals surface area contributed by atoms with Crippen LogP contribution in [-0.2, 0) is 16.6 Å². The van der Waals surface area contributed by atoms with Gasteiger partial charge in [-0.1, -0.05) is 11.8 Å². The average Bonchev–Trinajstić information content (AvgIpc) is 3.62. The minimum Gasteiger partial charge on any atom is -0.396 e. The number of rotatable bonds is 11. The van der Waals surface area contributed by atoms with Crippen LogP contribution in [0.15, 0.2) is 49.3 Å². The second-order valence-electron chi connectivity index (χ2n) is 11.2. The maximum Gasteiger partial charge on any atom is 0.256 e. The summed E-state index contributed by atoms with van der Waals surface area (Å²) in [5.41, 5.74) is 2.67. The number of nitrogens with zero attached hydrogens (tertiary/aromatic N) is 7. The van der Waals surface area contributed by atoms with Crippen LogP contribution in [0.4, 0.5) is 21.7 Å². The zero-order chi connectivity index (χ0) is 30.5. The van der Waals surface area contributed by atoms with Gasteiger partial charge in [0.25, 0.3) is 10.0 Å². The smallest absolute Gasteiger partial charge is 0.256 e. The van der Waals surface area contributed by atoms with Crippen LogP contribution in [-0.4, -0.2) is 72.5 Å². The number of nitrogens with one attached hydrogen (secondary N) is 2. The zero-order valence-corrected chi connectivity index (χ0v) is 24.9. The van der Waals surface area contributed by atoms with E-state index in [9.17, 15) is 17.9 Å². The first-order valence-electron chi connectivity index (χ1n) is 14.8. The van der Waals surface area contributed by atoms with E-state index in [0.717, 1.165) is 42.0 Å². The van der Waals surface area contributed by atoms with Crippen molar-refractivity contribution < 1.29 is 17.9 Å². The fourth-order valence-electron chi connectivity index (χ4n) is 5.20. The molecule has 44 heavy (non-hydrogen) atoms. The summed E-state index contributed by atoms with van der Waals surface area (Å²) in [6.07, 6.45) is 14.9. The molecule has 2 saturated carbocycles. The van der Waals surface area contributed by atoms with E-state index in [4.69, 9.17) is 0 Å². The quantitative estimate of drug-likeness (QED) is 0.212. The summed E-state index contributed by atoms with van der Waals surface area (Å²) in [5.74, 6) is 8.48. The van der Waals surface area contributed by atoms with Gasteiger partial charge in [0, 0.05) is 37.8 Å². The highest BCUT2D eigenvalue weighted by molar-refractivity contribution is 7.90. The molecule has 0 bridgehead atoms. The third-order valence-electron chi connectivity index (χ3n) is 7.93. The fourth-order valence-corrected chi connectivity index (χ4v) is 6.67. The molecule has 0 spiro atoms. The topological polar surface area (TPSA) is 153 Å². The molecule has 14 heteroatoms.